The monoisotopic (exact) mass is 248 g/mol. The Morgan fingerprint density at radius 2 is 1.92 bits per heavy atom. The molecule has 0 saturated heterocycles. The molecule has 0 heterocycles. The van der Waals surface area contributed by atoms with Crippen molar-refractivity contribution in [1.82, 2.24) is 10.6 Å². The number of carbonyl (C=O) groups is 2. The van der Waals surface area contributed by atoms with Gasteiger partial charge in [-0.05, 0) is 12.5 Å². The molecule has 5 heteroatoms. The van der Waals surface area contributed by atoms with Gasteiger partial charge in [-0.25, -0.2) is 0 Å². The van der Waals surface area contributed by atoms with Crippen molar-refractivity contribution < 1.29 is 9.59 Å². The maximum absolute atomic E-state index is 10.7. The second-order valence-electron chi connectivity index (χ2n) is 2.33. The van der Waals surface area contributed by atoms with Gasteiger partial charge in [0.25, 0.3) is 0 Å². The van der Waals surface area contributed by atoms with E-state index in [0.717, 1.165) is 6.42 Å². The first-order valence-corrected chi connectivity index (χ1v) is 5.05. The van der Waals surface area contributed by atoms with Crippen LogP contribution in [0.15, 0.2) is 12.7 Å². The Balaban J connectivity index is 3.21. The molecule has 0 radical (unpaired) electrons. The normalized spacial score (nSPS) is 9.00. The molecule has 0 unspecified atom stereocenters. The largest absolute Gasteiger partial charge is 0.355 e. The fourth-order valence-electron chi connectivity index (χ4n) is 0.647. The van der Waals surface area contributed by atoms with Gasteiger partial charge in [0.2, 0.25) is 11.8 Å². The Kier molecular flexibility index (Phi) is 7.29. The zero-order valence-electron chi connectivity index (χ0n) is 7.31. The van der Waals surface area contributed by atoms with E-state index in [9.17, 15) is 9.59 Å². The Bertz CT molecular complexity index is 195. The fourth-order valence-corrected chi connectivity index (χ4v) is 0.845. The van der Waals surface area contributed by atoms with Crippen LogP contribution in [0.25, 0.3) is 0 Å². The lowest BCUT2D eigenvalue weighted by Crippen LogP contribution is -2.29. The topological polar surface area (TPSA) is 58.2 Å². The summed E-state index contributed by atoms with van der Waals surface area (Å²) in [6.45, 7) is 4.43. The van der Waals surface area contributed by atoms with Crippen LogP contribution in [0.5, 0.6) is 0 Å². The van der Waals surface area contributed by atoms with E-state index >= 15 is 0 Å². The van der Waals surface area contributed by atoms with Crippen LogP contribution < -0.4 is 10.6 Å². The zero-order valence-corrected chi connectivity index (χ0v) is 8.89. The third-order valence-electron chi connectivity index (χ3n) is 1.28. The SMILES string of the molecule is C=CC(=O)NCCCNC(=O)CBr. The van der Waals surface area contributed by atoms with Gasteiger partial charge in [0.05, 0.1) is 5.33 Å². The molecule has 0 aromatic carbocycles. The molecule has 74 valence electrons. The number of carbonyl (C=O) groups excluding carboxylic acids is 2. The van der Waals surface area contributed by atoms with Crippen molar-refractivity contribution >= 4 is 27.7 Å². The molecule has 0 aliphatic heterocycles. The molecule has 2 N–H and O–H groups in total. The van der Waals surface area contributed by atoms with Crippen LogP contribution in [0.2, 0.25) is 0 Å². The summed E-state index contributed by atoms with van der Waals surface area (Å²) in [5.74, 6) is -0.234. The number of hydrogen-bond acceptors (Lipinski definition) is 2. The van der Waals surface area contributed by atoms with Gasteiger partial charge in [-0.1, -0.05) is 22.5 Å². The number of rotatable bonds is 6. The minimum Gasteiger partial charge on any atom is -0.355 e. The second kappa shape index (κ2) is 7.79. The summed E-state index contributed by atoms with van der Waals surface area (Å²) >= 11 is 3.02. The van der Waals surface area contributed by atoms with Crippen LogP contribution in [-0.4, -0.2) is 30.2 Å². The predicted molar refractivity (Wildman–Crippen MR) is 54.6 cm³/mol. The molecule has 0 bridgehead atoms. The van der Waals surface area contributed by atoms with E-state index in [1.807, 2.05) is 0 Å². The van der Waals surface area contributed by atoms with E-state index in [0.29, 0.717) is 18.4 Å². The molecule has 0 aliphatic carbocycles. The molecule has 0 fully saturated rings. The van der Waals surface area contributed by atoms with Gasteiger partial charge < -0.3 is 10.6 Å². The van der Waals surface area contributed by atoms with E-state index < -0.39 is 0 Å². The van der Waals surface area contributed by atoms with Crippen molar-refractivity contribution in [2.75, 3.05) is 18.4 Å². The molecule has 0 aliphatic rings. The average Bonchev–Trinajstić information content (AvgIpc) is 2.16. The molecule has 4 nitrogen and oxygen atoms in total. The van der Waals surface area contributed by atoms with Gasteiger partial charge in [-0.3, -0.25) is 9.59 Å². The third-order valence-corrected chi connectivity index (χ3v) is 1.79. The molecule has 0 aromatic heterocycles. The number of alkyl halides is 1. The van der Waals surface area contributed by atoms with E-state index in [4.69, 9.17) is 0 Å². The van der Waals surface area contributed by atoms with Gasteiger partial charge in [0, 0.05) is 13.1 Å². The summed E-state index contributed by atoms with van der Waals surface area (Å²) in [4.78, 5) is 21.3. The van der Waals surface area contributed by atoms with Crippen molar-refractivity contribution in [3.8, 4) is 0 Å². The van der Waals surface area contributed by atoms with Crippen LogP contribution in [0.3, 0.4) is 0 Å². The first-order valence-electron chi connectivity index (χ1n) is 3.93. The highest BCUT2D eigenvalue weighted by Gasteiger charge is 1.96. The minimum absolute atomic E-state index is 0.0463. The summed E-state index contributed by atoms with van der Waals surface area (Å²) in [7, 11) is 0. The Morgan fingerprint density at radius 1 is 1.31 bits per heavy atom. The lowest BCUT2D eigenvalue weighted by molar-refractivity contribution is -0.118. The Labute approximate surface area is 85.9 Å². The summed E-state index contributed by atoms with van der Waals surface area (Å²) in [5, 5.41) is 5.58. The second-order valence-corrected chi connectivity index (χ2v) is 2.89. The average molecular weight is 249 g/mol. The van der Waals surface area contributed by atoms with E-state index in [2.05, 4.69) is 33.1 Å². The predicted octanol–water partition coefficient (Wildman–Crippen LogP) is 0.190. The van der Waals surface area contributed by atoms with Crippen LogP contribution >= 0.6 is 15.9 Å². The zero-order chi connectivity index (χ0) is 10.1. The molecule has 0 aromatic rings. The number of halogens is 1. The molecule has 0 atom stereocenters. The maximum atomic E-state index is 10.7. The highest BCUT2D eigenvalue weighted by Crippen LogP contribution is 1.80. The molecule has 0 saturated carbocycles. The highest BCUT2D eigenvalue weighted by molar-refractivity contribution is 9.09. The molecular formula is C8H13BrN2O2. The van der Waals surface area contributed by atoms with Crippen molar-refractivity contribution in [3.63, 3.8) is 0 Å². The highest BCUT2D eigenvalue weighted by atomic mass is 79.9. The van der Waals surface area contributed by atoms with Gasteiger partial charge in [0.1, 0.15) is 0 Å². The summed E-state index contributed by atoms with van der Waals surface area (Å²) in [6, 6.07) is 0. The van der Waals surface area contributed by atoms with E-state index in [1.165, 1.54) is 6.08 Å². The molecule has 13 heavy (non-hydrogen) atoms. The van der Waals surface area contributed by atoms with Crippen LogP contribution in [0.1, 0.15) is 6.42 Å². The molecule has 0 spiro atoms. The quantitative estimate of drug-likeness (QED) is 0.401. The maximum Gasteiger partial charge on any atom is 0.243 e. The standard InChI is InChI=1S/C8H13BrN2O2/c1-2-7(12)10-4-3-5-11-8(13)6-9/h2H,1,3-6H2,(H,10,12)(H,11,13). The summed E-state index contributed by atoms with van der Waals surface area (Å²) in [6.07, 6.45) is 1.94. The Hall–Kier alpha value is -0.840. The summed E-state index contributed by atoms with van der Waals surface area (Å²) < 4.78 is 0. The van der Waals surface area contributed by atoms with Crippen molar-refractivity contribution in [1.29, 1.82) is 0 Å². The molecular weight excluding hydrogens is 236 g/mol. The molecule has 2 amide bonds. The fraction of sp³-hybridized carbons (Fsp3) is 0.500. The van der Waals surface area contributed by atoms with Crippen molar-refractivity contribution in [2.24, 2.45) is 0 Å². The minimum atomic E-state index is -0.188. The van der Waals surface area contributed by atoms with Gasteiger partial charge in [-0.15, -0.1) is 0 Å². The van der Waals surface area contributed by atoms with Gasteiger partial charge in [-0.2, -0.15) is 0 Å². The number of nitrogens with one attached hydrogen (secondary N) is 2. The van der Waals surface area contributed by atoms with Gasteiger partial charge >= 0.3 is 0 Å². The van der Waals surface area contributed by atoms with Crippen molar-refractivity contribution in [3.05, 3.63) is 12.7 Å². The number of hydrogen-bond donors (Lipinski definition) is 2. The van der Waals surface area contributed by atoms with E-state index in [-0.39, 0.29) is 11.8 Å². The van der Waals surface area contributed by atoms with Crippen molar-refractivity contribution in [2.45, 2.75) is 6.42 Å². The Morgan fingerprint density at radius 3 is 2.46 bits per heavy atom. The van der Waals surface area contributed by atoms with Gasteiger partial charge in [0.15, 0.2) is 0 Å². The van der Waals surface area contributed by atoms with E-state index in [1.54, 1.807) is 0 Å². The van der Waals surface area contributed by atoms with Crippen LogP contribution in [0, 0.1) is 0 Å². The molecule has 0 rings (SSSR count). The number of amides is 2. The lowest BCUT2D eigenvalue weighted by Gasteiger charge is -2.03. The first kappa shape index (κ1) is 12.2. The lowest BCUT2D eigenvalue weighted by atomic mass is 10.4. The summed E-state index contributed by atoms with van der Waals surface area (Å²) in [5.41, 5.74) is 0. The smallest absolute Gasteiger partial charge is 0.243 e. The van der Waals surface area contributed by atoms with Crippen LogP contribution in [-0.2, 0) is 9.59 Å². The van der Waals surface area contributed by atoms with Crippen LogP contribution in [0.4, 0.5) is 0 Å². The third kappa shape index (κ3) is 7.52. The first-order chi connectivity index (χ1) is 6.20.